The van der Waals surface area contributed by atoms with Crippen molar-refractivity contribution in [3.63, 3.8) is 0 Å². The minimum atomic E-state index is -1.27. The zero-order chi connectivity index (χ0) is 11.4. The van der Waals surface area contributed by atoms with E-state index in [4.69, 9.17) is 39.2 Å². The highest BCUT2D eigenvalue weighted by molar-refractivity contribution is 6.55. The van der Waals surface area contributed by atoms with E-state index in [9.17, 15) is 0 Å². The summed E-state index contributed by atoms with van der Waals surface area (Å²) in [5.41, 5.74) is -0.261. The summed E-state index contributed by atoms with van der Waals surface area (Å²) in [6, 6.07) is 0. The van der Waals surface area contributed by atoms with Gasteiger partial charge in [-0.1, -0.05) is 17.0 Å². The van der Waals surface area contributed by atoms with E-state index in [1.165, 1.54) is 0 Å². The lowest BCUT2D eigenvalue weighted by Crippen LogP contribution is -2.61. The Morgan fingerprint density at radius 3 is 1.71 bits per heavy atom. The fraction of sp³-hybridized carbons (Fsp3) is 1.00. The maximum atomic E-state index is 5.95. The van der Waals surface area contributed by atoms with E-state index in [1.807, 2.05) is 20.8 Å². The first-order valence-corrected chi connectivity index (χ1v) is 4.71. The van der Waals surface area contributed by atoms with Crippen LogP contribution in [0.15, 0.2) is 0 Å². The Hall–Kier alpha value is 0.285. The third-order valence-corrected chi connectivity index (χ3v) is 2.75. The van der Waals surface area contributed by atoms with Crippen LogP contribution in [0.4, 0.5) is 0 Å². The maximum Gasteiger partial charge on any atom is 0.0909 e. The molecule has 0 spiro atoms. The molecule has 0 aromatic carbocycles. The van der Waals surface area contributed by atoms with E-state index < -0.39 is 10.6 Å². The highest BCUT2D eigenvalue weighted by Gasteiger charge is 2.51. The number of likely N-dealkylation sites (tertiary alicyclic amines) is 1. The van der Waals surface area contributed by atoms with Crippen molar-refractivity contribution in [2.24, 2.45) is 0 Å². The van der Waals surface area contributed by atoms with Gasteiger partial charge in [-0.05, 0) is 26.7 Å². The summed E-state index contributed by atoms with van der Waals surface area (Å²) in [5, 5.41) is -2.43. The molecule has 0 aromatic heterocycles. The maximum absolute atomic E-state index is 5.95. The van der Waals surface area contributed by atoms with Gasteiger partial charge in [-0.25, -0.2) is 0 Å². The molecule has 1 aliphatic rings. The van der Waals surface area contributed by atoms with Crippen LogP contribution in [0.2, 0.25) is 5.21 Å². The minimum Gasteiger partial charge on any atom is -0.316 e. The largest absolute Gasteiger partial charge is 0.316 e. The lowest BCUT2D eigenvalue weighted by Gasteiger charge is -2.51. The molecule has 6 heteroatoms. The Morgan fingerprint density at radius 2 is 1.57 bits per heavy atom. The van der Waals surface area contributed by atoms with Gasteiger partial charge in [-0.3, -0.25) is 0 Å². The predicted molar refractivity (Wildman–Crippen MR) is 64.2 cm³/mol. The van der Waals surface area contributed by atoms with Crippen LogP contribution in [0.25, 0.3) is 0 Å². The lowest BCUT2D eigenvalue weighted by molar-refractivity contribution is 0.120. The van der Waals surface area contributed by atoms with Crippen LogP contribution < -0.4 is 0 Å². The third-order valence-electron chi connectivity index (χ3n) is 2.75. The highest BCUT2D eigenvalue weighted by atomic mass is 15.3. The Kier molecular flexibility index (Phi) is 2.77. The zero-order valence-corrected chi connectivity index (χ0v) is 9.12. The van der Waals surface area contributed by atoms with Crippen molar-refractivity contribution in [3.05, 3.63) is 0 Å². The number of rotatable bonds is 0. The van der Waals surface area contributed by atoms with E-state index in [0.717, 1.165) is 0 Å². The Labute approximate surface area is 93.8 Å². The van der Waals surface area contributed by atoms with Gasteiger partial charge >= 0.3 is 0 Å². The van der Waals surface area contributed by atoms with Crippen LogP contribution in [0.1, 0.15) is 27.2 Å². The summed E-state index contributed by atoms with van der Waals surface area (Å²) < 4.78 is 0. The van der Waals surface area contributed by atoms with Crippen molar-refractivity contribution in [1.82, 2.24) is 4.90 Å². The molecule has 1 heterocycles. The number of hydrogen-bond donors (Lipinski definition) is 0. The molecule has 0 amide bonds. The van der Waals surface area contributed by atoms with Gasteiger partial charge in [0.15, 0.2) is 0 Å². The fourth-order valence-electron chi connectivity index (χ4n) is 2.15. The standard InChI is InChI=1S/C8H12B5N/c1-6(2,3)14-5(9)4-7(10,11)8(14,12)13/h5H,4H2,1-3H3. The van der Waals surface area contributed by atoms with Gasteiger partial charge in [-0.2, -0.15) is 0 Å². The van der Waals surface area contributed by atoms with Crippen LogP contribution in [0, 0.1) is 0 Å². The fourth-order valence-corrected chi connectivity index (χ4v) is 2.15. The molecule has 10 radical (unpaired) electrons. The van der Waals surface area contributed by atoms with Crippen molar-refractivity contribution in [1.29, 1.82) is 0 Å². The molecule has 0 bridgehead atoms. The topological polar surface area (TPSA) is 3.24 Å². The van der Waals surface area contributed by atoms with Gasteiger partial charge in [0.1, 0.15) is 0 Å². The molecule has 1 unspecified atom stereocenters. The molecular weight excluding hydrogens is 164 g/mol. The van der Waals surface area contributed by atoms with Gasteiger partial charge in [0, 0.05) is 5.54 Å². The minimum absolute atomic E-state index is 0.261. The molecule has 1 fully saturated rings. The van der Waals surface area contributed by atoms with E-state index in [1.54, 1.807) is 4.90 Å². The van der Waals surface area contributed by atoms with Gasteiger partial charge in [0.2, 0.25) is 0 Å². The SMILES string of the molecule is [B]C1CC([B])([B])C([B])([B])N1C(C)(C)C. The van der Waals surface area contributed by atoms with Gasteiger partial charge in [0.25, 0.3) is 0 Å². The summed E-state index contributed by atoms with van der Waals surface area (Å²) in [6.45, 7) is 5.92. The summed E-state index contributed by atoms with van der Waals surface area (Å²) in [4.78, 5) is 1.76. The van der Waals surface area contributed by atoms with Crippen LogP contribution >= 0.6 is 0 Å². The first-order valence-electron chi connectivity index (χ1n) is 4.71. The van der Waals surface area contributed by atoms with Gasteiger partial charge in [0.05, 0.1) is 39.2 Å². The van der Waals surface area contributed by atoms with Crippen LogP contribution in [-0.4, -0.2) is 60.9 Å². The van der Waals surface area contributed by atoms with Gasteiger partial charge in [-0.15, -0.1) is 0 Å². The monoisotopic (exact) mass is 177 g/mol. The van der Waals surface area contributed by atoms with Crippen LogP contribution in [-0.2, 0) is 0 Å². The van der Waals surface area contributed by atoms with Gasteiger partial charge < -0.3 is 4.90 Å². The average molecular weight is 176 g/mol. The van der Waals surface area contributed by atoms with Crippen LogP contribution in [0.5, 0.6) is 0 Å². The Bertz CT molecular complexity index is 232. The predicted octanol–water partition coefficient (Wildman–Crippen LogP) is -0.571. The normalized spacial score (nSPS) is 31.8. The van der Waals surface area contributed by atoms with E-state index in [2.05, 4.69) is 0 Å². The molecule has 64 valence electrons. The highest BCUT2D eigenvalue weighted by Crippen LogP contribution is 2.48. The summed E-state index contributed by atoms with van der Waals surface area (Å²) in [6.07, 6.45) is 0.386. The van der Waals surface area contributed by atoms with Crippen molar-refractivity contribution >= 4 is 39.2 Å². The third kappa shape index (κ3) is 1.71. The first-order chi connectivity index (χ1) is 6.00. The molecule has 14 heavy (non-hydrogen) atoms. The van der Waals surface area contributed by atoms with E-state index in [0.29, 0.717) is 6.42 Å². The molecule has 0 aliphatic carbocycles. The smallest absolute Gasteiger partial charge is 0.0909 e. The van der Waals surface area contributed by atoms with Crippen molar-refractivity contribution in [2.75, 3.05) is 0 Å². The summed E-state index contributed by atoms with van der Waals surface area (Å²) in [5.74, 6) is -0.306. The molecule has 1 saturated heterocycles. The summed E-state index contributed by atoms with van der Waals surface area (Å²) >= 11 is 0. The summed E-state index contributed by atoms with van der Waals surface area (Å²) in [7, 11) is 29.5. The molecule has 1 aliphatic heterocycles. The molecule has 0 aromatic rings. The molecule has 1 atom stereocenters. The van der Waals surface area contributed by atoms with Crippen LogP contribution in [0.3, 0.4) is 0 Å². The molecule has 0 saturated carbocycles. The Balaban J connectivity index is 3.09. The molecular formula is C8H12B5N. The molecule has 1 nitrogen and oxygen atoms in total. The number of hydrogen-bond acceptors (Lipinski definition) is 1. The van der Waals surface area contributed by atoms with E-state index >= 15 is 0 Å². The average Bonchev–Trinajstić information content (AvgIpc) is 1.93. The van der Waals surface area contributed by atoms with Crippen molar-refractivity contribution in [2.45, 2.75) is 49.2 Å². The second-order valence-electron chi connectivity index (χ2n) is 5.18. The second-order valence-corrected chi connectivity index (χ2v) is 5.18. The van der Waals surface area contributed by atoms with Crippen molar-refractivity contribution in [3.8, 4) is 0 Å². The lowest BCUT2D eigenvalue weighted by atomic mass is 9.34. The Morgan fingerprint density at radius 1 is 1.14 bits per heavy atom. The zero-order valence-electron chi connectivity index (χ0n) is 9.12. The number of nitrogens with zero attached hydrogens (tertiary/aromatic N) is 1. The van der Waals surface area contributed by atoms with E-state index in [-0.39, 0.29) is 11.5 Å². The van der Waals surface area contributed by atoms with Crippen molar-refractivity contribution < 1.29 is 0 Å². The molecule has 1 rings (SSSR count). The molecule has 0 N–H and O–H groups in total. The quantitative estimate of drug-likeness (QED) is 0.447. The first kappa shape index (κ1) is 12.4. The second kappa shape index (κ2) is 3.14.